The third-order valence-electron chi connectivity index (χ3n) is 4.39. The molecule has 3 heterocycles. The highest BCUT2D eigenvalue weighted by Gasteiger charge is 2.54. The summed E-state index contributed by atoms with van der Waals surface area (Å²) in [5, 5.41) is 23.1. The van der Waals surface area contributed by atoms with Gasteiger partial charge in [-0.25, -0.2) is 17.9 Å². The largest absolute Gasteiger partial charge is 0.477 e. The Bertz CT molecular complexity index is 1010. The van der Waals surface area contributed by atoms with Crippen LogP contribution in [0.1, 0.15) is 13.3 Å². The second-order valence-electron chi connectivity index (χ2n) is 6.68. The van der Waals surface area contributed by atoms with Crippen LogP contribution in [0.4, 0.5) is 0 Å². The zero-order valence-electron chi connectivity index (χ0n) is 16.1. The van der Waals surface area contributed by atoms with Crippen LogP contribution in [0.2, 0.25) is 0 Å². The zero-order chi connectivity index (χ0) is 22.1. The molecular formula is C15H20N6O6S3. The van der Waals surface area contributed by atoms with Crippen molar-refractivity contribution in [3.8, 4) is 0 Å². The number of sulfone groups is 1. The van der Waals surface area contributed by atoms with Gasteiger partial charge >= 0.3 is 5.97 Å². The Hall–Kier alpha value is -2.13. The van der Waals surface area contributed by atoms with Crippen LogP contribution in [0.5, 0.6) is 0 Å². The van der Waals surface area contributed by atoms with Gasteiger partial charge in [-0.2, -0.15) is 0 Å². The summed E-state index contributed by atoms with van der Waals surface area (Å²) in [5.74, 6) is -2.77. The predicted octanol–water partition coefficient (Wildman–Crippen LogP) is -1.13. The lowest BCUT2D eigenvalue weighted by molar-refractivity contribution is -0.150. The molecule has 0 aromatic carbocycles. The summed E-state index contributed by atoms with van der Waals surface area (Å²) in [6.07, 6.45) is 0.391. The maximum absolute atomic E-state index is 12.6. The van der Waals surface area contributed by atoms with Gasteiger partial charge in [0.1, 0.15) is 22.9 Å². The molecule has 1 saturated heterocycles. The standard InChI is InChI=1S/C15H20N6O6S3/c1-3-4-30(26,27)7-9(22)16-10-12(23)21-11(14(24)25)8(5-28-13(10)21)6-29-15-17-18-19-20(15)2/h10,13H,3-7H2,1-2H3,(H,16,22)(H,24,25)/t10-,13-/m1/s1. The summed E-state index contributed by atoms with van der Waals surface area (Å²) in [6, 6.07) is -0.953. The molecule has 164 valence electrons. The van der Waals surface area contributed by atoms with E-state index in [2.05, 4.69) is 20.8 Å². The second kappa shape index (κ2) is 8.93. The summed E-state index contributed by atoms with van der Waals surface area (Å²) in [5.41, 5.74) is 0.427. The number of carboxylic acid groups (broad SMARTS) is 1. The number of carbonyl (C=O) groups is 3. The number of rotatable bonds is 9. The van der Waals surface area contributed by atoms with Gasteiger partial charge in [-0.05, 0) is 22.4 Å². The van der Waals surface area contributed by atoms with Crippen LogP contribution < -0.4 is 5.32 Å². The highest BCUT2D eigenvalue weighted by Crippen LogP contribution is 2.41. The van der Waals surface area contributed by atoms with Gasteiger partial charge in [-0.3, -0.25) is 14.5 Å². The van der Waals surface area contributed by atoms with Crippen molar-refractivity contribution >= 4 is 51.1 Å². The number of nitrogens with zero attached hydrogens (tertiary/aromatic N) is 5. The van der Waals surface area contributed by atoms with E-state index in [1.807, 2.05) is 0 Å². The van der Waals surface area contributed by atoms with Crippen molar-refractivity contribution in [2.45, 2.75) is 29.9 Å². The number of fused-ring (bicyclic) bond motifs is 1. The molecule has 1 aromatic rings. The van der Waals surface area contributed by atoms with Crippen molar-refractivity contribution in [3.05, 3.63) is 11.3 Å². The number of carbonyl (C=O) groups excluding carboxylic acids is 2. The van der Waals surface area contributed by atoms with Crippen molar-refractivity contribution in [2.24, 2.45) is 7.05 Å². The first-order chi connectivity index (χ1) is 14.1. The van der Waals surface area contributed by atoms with E-state index < -0.39 is 44.8 Å². The summed E-state index contributed by atoms with van der Waals surface area (Å²) in [6.45, 7) is 1.69. The number of β-lactam (4-membered cyclic amide) rings is 1. The van der Waals surface area contributed by atoms with Crippen LogP contribution in [0.3, 0.4) is 0 Å². The molecule has 15 heteroatoms. The Morgan fingerprint density at radius 1 is 1.40 bits per heavy atom. The van der Waals surface area contributed by atoms with Crippen LogP contribution in [0.15, 0.2) is 16.4 Å². The van der Waals surface area contributed by atoms with E-state index in [1.54, 1.807) is 14.0 Å². The summed E-state index contributed by atoms with van der Waals surface area (Å²) in [7, 11) is -1.88. The van der Waals surface area contributed by atoms with Crippen LogP contribution in [-0.2, 0) is 31.3 Å². The summed E-state index contributed by atoms with van der Waals surface area (Å²) >= 11 is 2.56. The fourth-order valence-electron chi connectivity index (χ4n) is 3.09. The third kappa shape index (κ3) is 4.62. The topological polar surface area (TPSA) is 164 Å². The predicted molar refractivity (Wildman–Crippen MR) is 108 cm³/mol. The van der Waals surface area contributed by atoms with Gasteiger partial charge in [-0.1, -0.05) is 18.7 Å². The molecule has 30 heavy (non-hydrogen) atoms. The van der Waals surface area contributed by atoms with E-state index in [-0.39, 0.29) is 17.2 Å². The normalized spacial score (nSPS) is 21.3. The van der Waals surface area contributed by atoms with Gasteiger partial charge in [0.25, 0.3) is 5.91 Å². The molecule has 0 saturated carbocycles. The highest BCUT2D eigenvalue weighted by atomic mass is 32.2. The number of aliphatic carboxylic acids is 1. The molecule has 0 aliphatic carbocycles. The first-order valence-electron chi connectivity index (χ1n) is 8.89. The van der Waals surface area contributed by atoms with E-state index in [1.165, 1.54) is 28.2 Å². The summed E-state index contributed by atoms with van der Waals surface area (Å²) in [4.78, 5) is 37.6. The maximum Gasteiger partial charge on any atom is 0.352 e. The SMILES string of the molecule is CCCS(=O)(=O)CC(=O)N[C@@H]1C(=O)N2C(C(=O)O)=C(CSc3nnnn3C)CS[C@H]12. The molecule has 2 aliphatic heterocycles. The fraction of sp³-hybridized carbons (Fsp3) is 0.600. The van der Waals surface area contributed by atoms with Gasteiger partial charge in [0.05, 0.1) is 5.75 Å². The van der Waals surface area contributed by atoms with E-state index in [0.29, 0.717) is 22.9 Å². The molecule has 3 rings (SSSR count). The Labute approximate surface area is 180 Å². The Morgan fingerprint density at radius 3 is 2.73 bits per heavy atom. The number of amides is 2. The second-order valence-corrected chi connectivity index (χ2v) is 10.9. The van der Waals surface area contributed by atoms with E-state index in [0.717, 1.165) is 4.90 Å². The number of thioether (sulfide) groups is 2. The van der Waals surface area contributed by atoms with Gasteiger partial charge in [0.2, 0.25) is 11.1 Å². The zero-order valence-corrected chi connectivity index (χ0v) is 18.6. The van der Waals surface area contributed by atoms with Crippen LogP contribution in [0, 0.1) is 0 Å². The van der Waals surface area contributed by atoms with Crippen molar-refractivity contribution in [2.75, 3.05) is 23.0 Å². The fourth-order valence-corrected chi connectivity index (χ4v) is 6.67. The molecule has 1 aromatic heterocycles. The molecule has 0 radical (unpaired) electrons. The average Bonchev–Trinajstić information content (AvgIpc) is 3.07. The number of nitrogens with one attached hydrogen (secondary N) is 1. The van der Waals surface area contributed by atoms with Crippen molar-refractivity contribution in [3.63, 3.8) is 0 Å². The van der Waals surface area contributed by atoms with Gasteiger partial charge in [0.15, 0.2) is 9.84 Å². The van der Waals surface area contributed by atoms with E-state index in [9.17, 15) is 27.9 Å². The molecule has 0 spiro atoms. The Kier molecular flexibility index (Phi) is 6.71. The molecule has 2 amide bonds. The van der Waals surface area contributed by atoms with E-state index in [4.69, 9.17) is 0 Å². The minimum absolute atomic E-state index is 0.114. The lowest BCUT2D eigenvalue weighted by atomic mass is 10.0. The minimum Gasteiger partial charge on any atom is -0.477 e. The van der Waals surface area contributed by atoms with Crippen molar-refractivity contribution < 1.29 is 27.9 Å². The quantitative estimate of drug-likeness (QED) is 0.327. The minimum atomic E-state index is -3.54. The lowest BCUT2D eigenvalue weighted by Crippen LogP contribution is -2.71. The lowest BCUT2D eigenvalue weighted by Gasteiger charge is -2.49. The molecule has 2 aliphatic rings. The first kappa shape index (κ1) is 22.6. The number of hydrogen-bond acceptors (Lipinski definition) is 10. The van der Waals surface area contributed by atoms with Crippen LogP contribution in [-0.4, -0.2) is 90.8 Å². The molecule has 2 atom stereocenters. The van der Waals surface area contributed by atoms with E-state index >= 15 is 0 Å². The van der Waals surface area contributed by atoms with Crippen molar-refractivity contribution in [1.29, 1.82) is 0 Å². The average molecular weight is 477 g/mol. The molecule has 0 bridgehead atoms. The van der Waals surface area contributed by atoms with Crippen LogP contribution in [0.25, 0.3) is 0 Å². The van der Waals surface area contributed by atoms with Gasteiger partial charge < -0.3 is 10.4 Å². The highest BCUT2D eigenvalue weighted by molar-refractivity contribution is 8.01. The molecule has 2 N–H and O–H groups in total. The maximum atomic E-state index is 12.6. The van der Waals surface area contributed by atoms with Gasteiger partial charge in [0, 0.05) is 18.6 Å². The monoisotopic (exact) mass is 476 g/mol. The molecular weight excluding hydrogens is 456 g/mol. The summed E-state index contributed by atoms with van der Waals surface area (Å²) < 4.78 is 25.1. The number of aromatic nitrogens is 4. The Morgan fingerprint density at radius 2 is 2.13 bits per heavy atom. The number of hydrogen-bond donors (Lipinski definition) is 2. The van der Waals surface area contributed by atoms with Crippen LogP contribution >= 0.6 is 23.5 Å². The Balaban J connectivity index is 1.69. The van der Waals surface area contributed by atoms with Gasteiger partial charge in [-0.15, -0.1) is 16.9 Å². The third-order valence-corrected chi connectivity index (χ3v) is 8.56. The molecule has 0 unspecified atom stereocenters. The smallest absolute Gasteiger partial charge is 0.352 e. The number of carboxylic acids is 1. The molecule has 1 fully saturated rings. The first-order valence-corrected chi connectivity index (χ1v) is 12.7. The number of tetrazole rings is 1. The number of aryl methyl sites for hydroxylation is 1. The molecule has 12 nitrogen and oxygen atoms in total. The van der Waals surface area contributed by atoms with Crippen molar-refractivity contribution in [1.82, 2.24) is 30.4 Å².